The van der Waals surface area contributed by atoms with Gasteiger partial charge in [-0.05, 0) is 0 Å². The van der Waals surface area contributed by atoms with Crippen molar-refractivity contribution in [3.05, 3.63) is 0 Å². The fourth-order valence-electron chi connectivity index (χ4n) is 1.54. The Morgan fingerprint density at radius 2 is 1.38 bits per heavy atom. The second-order valence-corrected chi connectivity index (χ2v) is 3.21. The maximum Gasteiger partial charge on any atom is 0.303 e. The molecule has 0 bridgehead atoms. The summed E-state index contributed by atoms with van der Waals surface area (Å²) in [6, 6.07) is 0. The Morgan fingerprint density at radius 1 is 1.00 bits per heavy atom. The standard InChI is InChI=1S/C8H10O5/c1-3(9)11-5-6(12-4(2)10)8-7(5)13-8/h5-8H,1-2H3/t5-,6+,7-,8+. The van der Waals surface area contributed by atoms with Crippen LogP contribution in [-0.2, 0) is 23.8 Å². The molecule has 0 radical (unpaired) electrons. The van der Waals surface area contributed by atoms with Gasteiger partial charge in [-0.2, -0.15) is 0 Å². The van der Waals surface area contributed by atoms with Crippen LogP contribution in [-0.4, -0.2) is 36.4 Å². The highest BCUT2D eigenvalue weighted by Crippen LogP contribution is 2.45. The van der Waals surface area contributed by atoms with E-state index in [1.165, 1.54) is 13.8 Å². The Hall–Kier alpha value is -1.10. The lowest BCUT2D eigenvalue weighted by molar-refractivity contribution is -0.171. The van der Waals surface area contributed by atoms with Crippen LogP contribution < -0.4 is 0 Å². The summed E-state index contributed by atoms with van der Waals surface area (Å²) in [5.74, 6) is -0.757. The van der Waals surface area contributed by atoms with Gasteiger partial charge in [0.15, 0.2) is 12.2 Å². The van der Waals surface area contributed by atoms with Gasteiger partial charge in [-0.25, -0.2) is 0 Å². The first-order chi connectivity index (χ1) is 6.09. The highest BCUT2D eigenvalue weighted by atomic mass is 16.7. The molecule has 1 aliphatic carbocycles. The molecule has 0 amide bonds. The van der Waals surface area contributed by atoms with Crippen LogP contribution in [0.1, 0.15) is 13.8 Å². The lowest BCUT2D eigenvalue weighted by Crippen LogP contribution is -2.51. The van der Waals surface area contributed by atoms with Crippen molar-refractivity contribution in [2.45, 2.75) is 38.3 Å². The molecule has 1 saturated carbocycles. The van der Waals surface area contributed by atoms with Crippen LogP contribution in [0.15, 0.2) is 0 Å². The fraction of sp³-hybridized carbons (Fsp3) is 0.750. The zero-order valence-corrected chi connectivity index (χ0v) is 7.35. The smallest absolute Gasteiger partial charge is 0.303 e. The second-order valence-electron chi connectivity index (χ2n) is 3.21. The highest BCUT2D eigenvalue weighted by molar-refractivity contribution is 5.68. The molecule has 2 rings (SSSR count). The van der Waals surface area contributed by atoms with Crippen molar-refractivity contribution in [1.82, 2.24) is 0 Å². The molecule has 2 aliphatic rings. The molecule has 0 aromatic carbocycles. The summed E-state index contributed by atoms with van der Waals surface area (Å²) in [5.41, 5.74) is 0. The minimum Gasteiger partial charge on any atom is -0.456 e. The molecule has 1 saturated heterocycles. The first-order valence-electron chi connectivity index (χ1n) is 4.09. The van der Waals surface area contributed by atoms with Gasteiger partial charge in [0, 0.05) is 13.8 Å². The number of ether oxygens (including phenoxy) is 3. The number of esters is 2. The van der Waals surface area contributed by atoms with Crippen LogP contribution >= 0.6 is 0 Å². The van der Waals surface area contributed by atoms with Crippen LogP contribution in [0.5, 0.6) is 0 Å². The lowest BCUT2D eigenvalue weighted by Gasteiger charge is -2.29. The van der Waals surface area contributed by atoms with E-state index in [9.17, 15) is 9.59 Å². The lowest BCUT2D eigenvalue weighted by atomic mass is 9.92. The molecule has 72 valence electrons. The summed E-state index contributed by atoms with van der Waals surface area (Å²) in [4.78, 5) is 21.2. The predicted octanol–water partition coefficient (Wildman–Crippen LogP) is -0.369. The molecule has 4 atom stereocenters. The van der Waals surface area contributed by atoms with Crippen molar-refractivity contribution in [2.75, 3.05) is 0 Å². The SMILES string of the molecule is CC(=O)O[C@@H]1[C@H](OC(C)=O)[C@@H]2O[C@H]12. The molecule has 1 aliphatic heterocycles. The summed E-state index contributed by atoms with van der Waals surface area (Å²) in [7, 11) is 0. The van der Waals surface area contributed by atoms with Crippen molar-refractivity contribution in [2.24, 2.45) is 0 Å². The van der Waals surface area contributed by atoms with E-state index in [1.807, 2.05) is 0 Å². The van der Waals surface area contributed by atoms with Gasteiger partial charge in [0.05, 0.1) is 0 Å². The fourth-order valence-corrected chi connectivity index (χ4v) is 1.54. The van der Waals surface area contributed by atoms with Gasteiger partial charge >= 0.3 is 11.9 Å². The number of carbonyl (C=O) groups excluding carboxylic acids is 2. The largest absolute Gasteiger partial charge is 0.456 e. The van der Waals surface area contributed by atoms with Crippen molar-refractivity contribution in [3.63, 3.8) is 0 Å². The monoisotopic (exact) mass is 186 g/mol. The first-order valence-corrected chi connectivity index (χ1v) is 4.09. The molecule has 5 nitrogen and oxygen atoms in total. The van der Waals surface area contributed by atoms with Gasteiger partial charge < -0.3 is 14.2 Å². The summed E-state index contributed by atoms with van der Waals surface area (Å²) < 4.78 is 14.9. The minimum absolute atomic E-state index is 0.0479. The molecule has 1 heterocycles. The maximum absolute atomic E-state index is 10.6. The Balaban J connectivity index is 1.89. The number of epoxide rings is 1. The Kier molecular flexibility index (Phi) is 1.76. The third-order valence-corrected chi connectivity index (χ3v) is 2.14. The van der Waals surface area contributed by atoms with E-state index >= 15 is 0 Å². The number of carbonyl (C=O) groups is 2. The van der Waals surface area contributed by atoms with Crippen LogP contribution in [0.2, 0.25) is 0 Å². The van der Waals surface area contributed by atoms with E-state index in [4.69, 9.17) is 14.2 Å². The molecule has 0 aromatic heterocycles. The van der Waals surface area contributed by atoms with Crippen LogP contribution in [0.3, 0.4) is 0 Å². The van der Waals surface area contributed by atoms with E-state index < -0.39 is 12.2 Å². The van der Waals surface area contributed by atoms with E-state index in [0.29, 0.717) is 0 Å². The third kappa shape index (κ3) is 1.39. The summed E-state index contributed by atoms with van der Waals surface area (Å²) in [6.07, 6.45) is -0.890. The van der Waals surface area contributed by atoms with Crippen LogP contribution in [0.25, 0.3) is 0 Å². The Bertz CT molecular complexity index is 235. The molecule has 0 aromatic rings. The predicted molar refractivity (Wildman–Crippen MR) is 39.8 cm³/mol. The van der Waals surface area contributed by atoms with Gasteiger partial charge in [0.25, 0.3) is 0 Å². The number of hydrogen-bond donors (Lipinski definition) is 0. The zero-order chi connectivity index (χ0) is 9.59. The molecule has 0 unspecified atom stereocenters. The van der Waals surface area contributed by atoms with Gasteiger partial charge in [-0.15, -0.1) is 0 Å². The molecular formula is C8H10O5. The number of hydrogen-bond acceptors (Lipinski definition) is 5. The average molecular weight is 186 g/mol. The van der Waals surface area contributed by atoms with Crippen LogP contribution in [0.4, 0.5) is 0 Å². The van der Waals surface area contributed by atoms with Crippen molar-refractivity contribution >= 4 is 11.9 Å². The normalized spacial score (nSPS) is 39.8. The van der Waals surface area contributed by atoms with E-state index in [1.54, 1.807) is 0 Å². The molecule has 0 spiro atoms. The van der Waals surface area contributed by atoms with Gasteiger partial charge in [0.1, 0.15) is 12.2 Å². The quantitative estimate of drug-likeness (QED) is 0.435. The summed E-state index contributed by atoms with van der Waals surface area (Å²) in [5, 5.41) is 0. The number of fused-ring (bicyclic) bond motifs is 1. The Labute approximate surface area is 74.9 Å². The second kappa shape index (κ2) is 2.70. The highest BCUT2D eigenvalue weighted by Gasteiger charge is 2.68. The Morgan fingerprint density at radius 3 is 1.69 bits per heavy atom. The average Bonchev–Trinajstić information content (AvgIpc) is 2.71. The van der Waals surface area contributed by atoms with Gasteiger partial charge in [-0.3, -0.25) is 9.59 Å². The van der Waals surface area contributed by atoms with E-state index in [0.717, 1.165) is 0 Å². The topological polar surface area (TPSA) is 65.1 Å². The minimum atomic E-state index is -0.397. The first kappa shape index (κ1) is 8.50. The third-order valence-electron chi connectivity index (χ3n) is 2.14. The molecule has 0 N–H and O–H groups in total. The summed E-state index contributed by atoms with van der Waals surface area (Å²) in [6.45, 7) is 2.64. The molecule has 2 fully saturated rings. The van der Waals surface area contributed by atoms with Crippen LogP contribution in [0, 0.1) is 0 Å². The zero-order valence-electron chi connectivity index (χ0n) is 7.35. The van der Waals surface area contributed by atoms with E-state index in [-0.39, 0.29) is 24.1 Å². The van der Waals surface area contributed by atoms with Crippen molar-refractivity contribution in [1.29, 1.82) is 0 Å². The summed E-state index contributed by atoms with van der Waals surface area (Å²) >= 11 is 0. The van der Waals surface area contributed by atoms with Crippen molar-refractivity contribution in [3.8, 4) is 0 Å². The van der Waals surface area contributed by atoms with E-state index in [2.05, 4.69) is 0 Å². The maximum atomic E-state index is 10.6. The van der Waals surface area contributed by atoms with Crippen molar-refractivity contribution < 1.29 is 23.8 Å². The molecule has 13 heavy (non-hydrogen) atoms. The van der Waals surface area contributed by atoms with Gasteiger partial charge in [-0.1, -0.05) is 0 Å². The number of rotatable bonds is 2. The molecular weight excluding hydrogens is 176 g/mol. The van der Waals surface area contributed by atoms with Gasteiger partial charge in [0.2, 0.25) is 0 Å². The molecule has 5 heteroatoms.